The van der Waals surface area contributed by atoms with Crippen LogP contribution in [0.1, 0.15) is 354 Å². The monoisotopic (exact) mass is 2180 g/mol. The molecule has 3 heterocycles. The average Bonchev–Trinajstić information content (AvgIpc) is 1.60. The molecule has 9 aliphatic rings. The third-order valence-corrected chi connectivity index (χ3v) is 33.3. The summed E-state index contributed by atoms with van der Waals surface area (Å²) in [5, 5.41) is 8.02. The number of benzene rings is 9. The van der Waals surface area contributed by atoms with Crippen molar-refractivity contribution in [3.05, 3.63) is 314 Å². The largest absolute Gasteiger partial charge is 2.00 e. The van der Waals surface area contributed by atoms with Gasteiger partial charge in [-0.25, -0.2) is 0 Å². The fraction of sp³-hybridized carbons (Fsp3) is 0.489. The van der Waals surface area contributed by atoms with E-state index in [0.29, 0.717) is 5.88 Å². The van der Waals surface area contributed by atoms with Gasteiger partial charge in [0, 0.05) is 141 Å². The Morgan fingerprint density at radius 3 is 0.925 bits per heavy atom. The Morgan fingerprint density at radius 2 is 0.637 bits per heavy atom. The molecule has 9 aromatic rings. The normalized spacial score (nSPS) is 18.6. The minimum Gasteiger partial charge on any atom is -0.372 e. The van der Waals surface area contributed by atoms with Crippen LogP contribution in [-0.2, 0) is 67.5 Å². The van der Waals surface area contributed by atoms with E-state index in [1.54, 1.807) is 0 Å². The van der Waals surface area contributed by atoms with Crippen molar-refractivity contribution in [3.63, 3.8) is 0 Å². The zero-order chi connectivity index (χ0) is 96.4. The van der Waals surface area contributed by atoms with Gasteiger partial charge in [0.05, 0.1) is 16.2 Å². The molecule has 6 nitrogen and oxygen atoms in total. The first-order valence-electron chi connectivity index (χ1n) is 55.2. The van der Waals surface area contributed by atoms with Crippen molar-refractivity contribution in [2.75, 3.05) is 79.5 Å². The van der Waals surface area contributed by atoms with Gasteiger partial charge in [-0.05, 0) is 252 Å². The number of rotatable bonds is 37. The van der Waals surface area contributed by atoms with E-state index >= 15 is 0 Å². The summed E-state index contributed by atoms with van der Waals surface area (Å²) in [5.41, 5.74) is 21.1. The molecule has 0 spiro atoms. The molecule has 6 saturated carbocycles. The number of anilines is 3. The predicted octanol–water partition coefficient (Wildman–Crippen LogP) is 39.6. The zero-order valence-corrected chi connectivity index (χ0v) is 99.8. The Kier molecular flexibility index (Phi) is 60.6. The fourth-order valence-corrected chi connectivity index (χ4v) is 25.7. The Balaban J connectivity index is 0.000000411. The topological polar surface area (TPSA) is 18.8 Å². The van der Waals surface area contributed by atoms with Gasteiger partial charge in [-0.15, -0.1) is 18.2 Å². The molecule has 11 heteroatoms. The smallest absolute Gasteiger partial charge is 0.372 e. The molecule has 0 N–H and O–H groups in total. The van der Waals surface area contributed by atoms with Gasteiger partial charge in [-0.3, -0.25) is 0 Å². The Morgan fingerprint density at radius 1 is 0.363 bits per heavy atom. The second-order valence-electron chi connectivity index (χ2n) is 42.2. The minimum atomic E-state index is -0.275. The molecule has 146 heavy (non-hydrogen) atoms. The van der Waals surface area contributed by atoms with Gasteiger partial charge >= 0.3 is 51.2 Å². The summed E-state index contributed by atoms with van der Waals surface area (Å²) in [4.78, 5) is 7.19. The van der Waals surface area contributed by atoms with Gasteiger partial charge < -0.3 is 59.3 Å². The third-order valence-electron chi connectivity index (χ3n) is 32.7. The van der Waals surface area contributed by atoms with Crippen LogP contribution in [0.5, 0.6) is 0 Å². The third kappa shape index (κ3) is 34.2. The fourth-order valence-electron chi connectivity index (χ4n) is 24.7. The number of hydrogen-bond donors (Lipinski definition) is 0. The zero-order valence-electron chi connectivity index (χ0n) is 94.1. The van der Waals surface area contributed by atoms with Crippen LogP contribution in [0.3, 0.4) is 0 Å². The molecule has 6 fully saturated rings. The summed E-state index contributed by atoms with van der Waals surface area (Å²) >= 11 is 10.5. The molecule has 0 saturated heterocycles. The first kappa shape index (κ1) is 131. The first-order valence-corrected chi connectivity index (χ1v) is 56.5. The van der Waals surface area contributed by atoms with Crippen molar-refractivity contribution in [2.24, 2.45) is 23.7 Å². The predicted molar refractivity (Wildman–Crippen MR) is 647 cm³/mol. The van der Waals surface area contributed by atoms with Crippen molar-refractivity contribution in [1.82, 2.24) is 0 Å². The maximum absolute atomic E-state index is 6.73. The van der Waals surface area contributed by atoms with Crippen LogP contribution < -0.4 is 14.7 Å². The van der Waals surface area contributed by atoms with E-state index in [9.17, 15) is 0 Å². The Bertz CT molecular complexity index is 5490. The number of halogens is 2. The molecule has 3 aliphatic heterocycles. The number of fused-ring (bicyclic) bond motifs is 9. The molecule has 0 amide bonds. The quantitative estimate of drug-likeness (QED) is 0.00966. The summed E-state index contributed by atoms with van der Waals surface area (Å²) in [6.45, 7) is 43.0. The van der Waals surface area contributed by atoms with E-state index in [0.717, 1.165) is 94.0 Å². The van der Waals surface area contributed by atoms with E-state index in [4.69, 9.17) is 11.6 Å². The first-order chi connectivity index (χ1) is 66.9. The molecule has 18 rings (SSSR count). The van der Waals surface area contributed by atoms with Crippen molar-refractivity contribution >= 4 is 129 Å². The van der Waals surface area contributed by atoms with Crippen LogP contribution in [0.2, 0.25) is 0 Å². The minimum absolute atomic E-state index is 0. The van der Waals surface area contributed by atoms with Gasteiger partial charge in [-0.1, -0.05) is 342 Å². The summed E-state index contributed by atoms with van der Waals surface area (Å²) < 4.78 is 8.97. The van der Waals surface area contributed by atoms with Crippen molar-refractivity contribution in [1.29, 1.82) is 0 Å². The summed E-state index contributed by atoms with van der Waals surface area (Å²) in [5.74, 6) is 3.52. The Hall–Kier alpha value is -7.06. The van der Waals surface area contributed by atoms with E-state index in [1.807, 2.05) is 0 Å². The van der Waals surface area contributed by atoms with Gasteiger partial charge in [0.25, 0.3) is 0 Å². The number of alkyl halides is 1. The number of hydrogen-bond acceptors (Lipinski definition) is 3. The number of unbranched alkanes of at least 4 members (excludes halogenated alkanes) is 3. The molecular weight excluding hydrogens is 1990 g/mol. The van der Waals surface area contributed by atoms with E-state index < -0.39 is 0 Å². The van der Waals surface area contributed by atoms with Gasteiger partial charge in [0.1, 0.15) is 19.6 Å². The van der Waals surface area contributed by atoms with Crippen molar-refractivity contribution in [2.45, 2.75) is 336 Å². The van der Waals surface area contributed by atoms with Crippen LogP contribution in [0.15, 0.2) is 236 Å². The molecule has 4 unspecified atom stereocenters. The number of nitrogens with zero attached hydrogens (tertiary/aromatic N) is 6. The molecule has 0 radical (unpaired) electrons. The maximum atomic E-state index is 6.73. The molecule has 9 aromatic carbocycles. The van der Waals surface area contributed by atoms with E-state index in [2.05, 4.69) is 364 Å². The van der Waals surface area contributed by atoms with Crippen molar-refractivity contribution < 1.29 is 64.9 Å². The maximum Gasteiger partial charge on any atom is 2.00 e. The van der Waals surface area contributed by atoms with Crippen LogP contribution in [0.4, 0.5) is 34.1 Å². The molecular formula is C135H193BrClFe3N6+3. The second-order valence-corrected chi connectivity index (χ2v) is 43.7. The van der Waals surface area contributed by atoms with Crippen LogP contribution in [-0.4, -0.2) is 95.6 Å². The van der Waals surface area contributed by atoms with Gasteiger partial charge in [-0.2, -0.15) is 13.7 Å². The van der Waals surface area contributed by atoms with Crippen LogP contribution >= 0.6 is 27.5 Å². The van der Waals surface area contributed by atoms with Crippen molar-refractivity contribution in [3.8, 4) is 0 Å². The molecule has 0 aromatic heterocycles. The van der Waals surface area contributed by atoms with E-state index in [1.165, 1.54) is 354 Å². The molecule has 798 valence electrons. The molecule has 6 aliphatic carbocycles. The summed E-state index contributed by atoms with van der Waals surface area (Å²) in [6, 6.07) is 67.9. The molecule has 4 atom stereocenters. The van der Waals surface area contributed by atoms with Crippen LogP contribution in [0, 0.1) is 68.2 Å². The average molecular weight is 2180 g/mol. The number of allylic oxidation sites excluding steroid dienone is 7. The van der Waals surface area contributed by atoms with Crippen LogP contribution in [0.25, 0.3) is 50.5 Å². The van der Waals surface area contributed by atoms with E-state index in [-0.39, 0.29) is 118 Å². The summed E-state index contributed by atoms with van der Waals surface area (Å²) in [7, 11) is 0. The molecule has 0 bridgehead atoms. The van der Waals surface area contributed by atoms with Gasteiger partial charge in [0.15, 0.2) is 17.1 Å². The second kappa shape index (κ2) is 67.4. The SMILES string of the molecule is C1CCCC1.C1CCCC1.C1CCCC1.C=C(Br)CC1(C)C(/C=C/c2ccc(N(CC)CC)cc2)=[N+](CCCCC2CCCC2)c2ccc3ccccc3c21.C=CC(CCl)C1(C)C(/C=C/c2ccc(N(CC)CC)cc2)=[N+](CCCCC2CCCC2)c2ccc3ccccc3c21.CCN(CC)c1ccc(/C=C/C2=[N+](CCCCC3CCCC3)c3ccc4ccccc4c3C2(C)CC=C(C)C)cc1.[CH3-].[CH3-].[CH3-].[CH3-].[CH3-].[CH3-].[Fe+2].[Fe+2].[Fe+2]. The summed E-state index contributed by atoms with van der Waals surface area (Å²) in [6.07, 6.45) is 72.1. The Labute approximate surface area is 939 Å². The van der Waals surface area contributed by atoms with Gasteiger partial charge in [0.2, 0.25) is 17.1 Å². The standard InChI is InChI=1S/C39H51N2.C38H48ClN2.C37H46BrN2.3C5H10.6CH3.3Fe/c1-6-40(7-2)34-23-19-32(20-24-34)21-26-37-39(5,28-27-30(3)4)38-35-18-11-10-17-33(35)22-25-36(38)41(37)29-13-12-16-31-14-8-9-15-31;1-5-32(28-39)38(4)36(26-21-30-19-23-33(24-20-30)40(6-2)7-3)41(27-13-12-16-29-14-8-9-15-29)35-25-22-31-17-10-11-18-34(31)37(35)38;1-5-39(6-2)32-22-18-30(19-23-32)20-25-35-37(4,27-28(3)38)36-33-17-10-9-16-31(33)21-24-34(36)40(35)26-12-11-15-29-13-7-8-14-29;3*1-2-4-5-3-1;;;;;;;;;/h10-11,17-27,31H,6-9,12-16,28-29H2,1-5H3;5,10-11,17-26,29,32H,1,6-9,12-16,27-28H2,2-4H3;9-10,16-25,29H,3,5-8,11-15,26-27H2,1-2,4H3;3*1-5H2;6*1H3;;;/q3*+1;;;;6*-1;3*+2.